The van der Waals surface area contributed by atoms with Crippen molar-refractivity contribution in [3.05, 3.63) is 34.3 Å². The highest BCUT2D eigenvalue weighted by Gasteiger charge is 2.28. The van der Waals surface area contributed by atoms with Crippen LogP contribution < -0.4 is 5.73 Å². The number of hydrogen-bond donors (Lipinski definition) is 1. The van der Waals surface area contributed by atoms with Gasteiger partial charge in [-0.25, -0.2) is 4.98 Å². The van der Waals surface area contributed by atoms with E-state index in [0.29, 0.717) is 5.92 Å². The maximum Gasteiger partial charge on any atom is 0.114 e. The summed E-state index contributed by atoms with van der Waals surface area (Å²) in [5.74, 6) is 0.661. The van der Waals surface area contributed by atoms with Gasteiger partial charge in [-0.15, -0.1) is 11.3 Å². The molecule has 82 valence electrons. The average Bonchev–Trinajstić information content (AvgIpc) is 3.04. The molecule has 0 unspecified atom stereocenters. The number of nitrogens with two attached hydrogens (primary N) is 1. The molecule has 2 nitrogen and oxygen atoms in total. The topological polar surface area (TPSA) is 38.9 Å². The van der Waals surface area contributed by atoms with Gasteiger partial charge in [0.15, 0.2) is 0 Å². The van der Waals surface area contributed by atoms with Crippen LogP contribution in [0.15, 0.2) is 24.3 Å². The van der Waals surface area contributed by atoms with Crippen molar-refractivity contribution in [1.29, 1.82) is 0 Å². The highest BCUT2D eigenvalue weighted by Crippen LogP contribution is 2.45. The Morgan fingerprint density at radius 2 is 1.94 bits per heavy atom. The van der Waals surface area contributed by atoms with E-state index < -0.39 is 0 Å². The van der Waals surface area contributed by atoms with Gasteiger partial charge >= 0.3 is 0 Å². The van der Waals surface area contributed by atoms with Gasteiger partial charge in [0.2, 0.25) is 0 Å². The molecule has 1 aliphatic carbocycles. The third kappa shape index (κ3) is 1.81. The Kier molecular flexibility index (Phi) is 2.37. The quantitative estimate of drug-likeness (QED) is 0.877. The van der Waals surface area contributed by atoms with Crippen molar-refractivity contribution >= 4 is 27.9 Å². The summed E-state index contributed by atoms with van der Waals surface area (Å²) in [6, 6.07) is 7.66. The first kappa shape index (κ1) is 10.1. The Balaban J connectivity index is 2.01. The van der Waals surface area contributed by atoms with Crippen molar-refractivity contribution in [3.8, 4) is 11.3 Å². The van der Waals surface area contributed by atoms with Crippen LogP contribution in [-0.4, -0.2) is 4.98 Å². The molecule has 0 bridgehead atoms. The minimum atomic E-state index is 0.661. The number of aromatic nitrogens is 1. The lowest BCUT2D eigenvalue weighted by molar-refractivity contribution is 1.09. The summed E-state index contributed by atoms with van der Waals surface area (Å²) in [4.78, 5) is 4.62. The number of thiazole rings is 1. The fourth-order valence-electron chi connectivity index (χ4n) is 1.67. The summed E-state index contributed by atoms with van der Waals surface area (Å²) in [5.41, 5.74) is 7.95. The number of anilines is 1. The first-order valence-corrected chi connectivity index (χ1v) is 6.45. The molecule has 2 aromatic rings. The van der Waals surface area contributed by atoms with Gasteiger partial charge in [-0.1, -0.05) is 23.7 Å². The summed E-state index contributed by atoms with van der Waals surface area (Å²) in [6.07, 6.45) is 2.51. The van der Waals surface area contributed by atoms with Crippen molar-refractivity contribution in [1.82, 2.24) is 4.98 Å². The van der Waals surface area contributed by atoms with Gasteiger partial charge in [0, 0.05) is 16.5 Å². The van der Waals surface area contributed by atoms with Crippen LogP contribution in [0.25, 0.3) is 11.3 Å². The van der Waals surface area contributed by atoms with Crippen molar-refractivity contribution in [2.45, 2.75) is 18.8 Å². The van der Waals surface area contributed by atoms with E-state index in [-0.39, 0.29) is 0 Å². The zero-order chi connectivity index (χ0) is 11.1. The Labute approximate surface area is 103 Å². The predicted molar refractivity (Wildman–Crippen MR) is 68.9 cm³/mol. The van der Waals surface area contributed by atoms with Gasteiger partial charge in [0.05, 0.1) is 5.01 Å². The second kappa shape index (κ2) is 3.75. The molecule has 0 aliphatic heterocycles. The van der Waals surface area contributed by atoms with Gasteiger partial charge in [-0.05, 0) is 25.0 Å². The first-order chi connectivity index (χ1) is 7.74. The lowest BCUT2D eigenvalue weighted by atomic mass is 10.2. The minimum Gasteiger partial charge on any atom is -0.389 e. The van der Waals surface area contributed by atoms with Gasteiger partial charge in [0.1, 0.15) is 10.7 Å². The van der Waals surface area contributed by atoms with Crippen molar-refractivity contribution in [3.63, 3.8) is 0 Å². The van der Waals surface area contributed by atoms with Gasteiger partial charge in [0.25, 0.3) is 0 Å². The molecule has 1 aromatic heterocycles. The van der Waals surface area contributed by atoms with Crippen LogP contribution in [0.3, 0.4) is 0 Å². The summed E-state index contributed by atoms with van der Waals surface area (Å²) >= 11 is 7.47. The second-order valence-corrected chi connectivity index (χ2v) is 5.54. The Hall–Kier alpha value is -1.06. The molecule has 4 heteroatoms. The lowest BCUT2D eigenvalue weighted by Crippen LogP contribution is -1.85. The van der Waals surface area contributed by atoms with E-state index in [1.54, 1.807) is 11.3 Å². The molecular weight excluding hydrogens is 240 g/mol. The normalized spacial score (nSPS) is 15.3. The Bertz CT molecular complexity index is 514. The molecule has 1 fully saturated rings. The van der Waals surface area contributed by atoms with Crippen LogP contribution in [0, 0.1) is 0 Å². The molecule has 1 saturated carbocycles. The van der Waals surface area contributed by atoms with E-state index in [9.17, 15) is 0 Å². The Morgan fingerprint density at radius 3 is 2.56 bits per heavy atom. The van der Waals surface area contributed by atoms with Gasteiger partial charge in [-0.3, -0.25) is 0 Å². The maximum absolute atomic E-state index is 6.00. The van der Waals surface area contributed by atoms with Crippen LogP contribution >= 0.6 is 22.9 Å². The highest BCUT2D eigenvalue weighted by atomic mass is 35.5. The monoisotopic (exact) mass is 250 g/mol. The van der Waals surface area contributed by atoms with Crippen LogP contribution in [0.4, 0.5) is 5.00 Å². The third-order valence-electron chi connectivity index (χ3n) is 2.71. The smallest absolute Gasteiger partial charge is 0.114 e. The van der Waals surface area contributed by atoms with Crippen molar-refractivity contribution in [2.75, 3.05) is 5.73 Å². The molecule has 16 heavy (non-hydrogen) atoms. The molecular formula is C12H11ClN2S. The molecule has 1 aromatic carbocycles. The third-order valence-corrected chi connectivity index (χ3v) is 4.01. The fraction of sp³-hybridized carbons (Fsp3) is 0.250. The molecule has 1 heterocycles. The van der Waals surface area contributed by atoms with E-state index in [4.69, 9.17) is 17.3 Å². The van der Waals surface area contributed by atoms with Crippen molar-refractivity contribution < 1.29 is 0 Å². The number of hydrogen-bond acceptors (Lipinski definition) is 3. The van der Waals surface area contributed by atoms with Crippen molar-refractivity contribution in [2.24, 2.45) is 0 Å². The minimum absolute atomic E-state index is 0.661. The summed E-state index contributed by atoms with van der Waals surface area (Å²) in [5, 5.41) is 2.73. The largest absolute Gasteiger partial charge is 0.389 e. The van der Waals surface area contributed by atoms with Crippen LogP contribution in [0.5, 0.6) is 0 Å². The number of benzene rings is 1. The number of nitrogen functional groups attached to an aromatic ring is 1. The second-order valence-electron chi connectivity index (χ2n) is 4.05. The van der Waals surface area contributed by atoms with E-state index in [1.807, 2.05) is 24.3 Å². The molecule has 0 atom stereocenters. The number of halogens is 1. The first-order valence-electron chi connectivity index (χ1n) is 5.26. The van der Waals surface area contributed by atoms with E-state index >= 15 is 0 Å². The Morgan fingerprint density at radius 1 is 1.25 bits per heavy atom. The highest BCUT2D eigenvalue weighted by molar-refractivity contribution is 7.16. The SMILES string of the molecule is Nc1sc(C2CC2)nc1-c1ccc(Cl)cc1. The van der Waals surface area contributed by atoms with Gasteiger partial charge in [-0.2, -0.15) is 0 Å². The number of rotatable bonds is 2. The summed E-state index contributed by atoms with van der Waals surface area (Å²) in [6.45, 7) is 0. The summed E-state index contributed by atoms with van der Waals surface area (Å²) in [7, 11) is 0. The predicted octanol–water partition coefficient (Wildman–Crippen LogP) is 3.92. The van der Waals surface area contributed by atoms with E-state index in [0.717, 1.165) is 21.3 Å². The fourth-order valence-corrected chi connectivity index (χ4v) is 2.82. The van der Waals surface area contributed by atoms with Crippen LogP contribution in [0.1, 0.15) is 23.8 Å². The zero-order valence-corrected chi connectivity index (χ0v) is 10.2. The molecule has 0 radical (unpaired) electrons. The standard InChI is InChI=1S/C12H11ClN2S/c13-9-5-3-7(4-6-9)10-11(14)16-12(15-10)8-1-2-8/h3-6,8H,1-2,14H2. The summed E-state index contributed by atoms with van der Waals surface area (Å²) < 4.78 is 0. The lowest BCUT2D eigenvalue weighted by Gasteiger charge is -1.98. The average molecular weight is 251 g/mol. The molecule has 3 rings (SSSR count). The van der Waals surface area contributed by atoms with E-state index in [1.165, 1.54) is 17.8 Å². The molecule has 0 amide bonds. The molecule has 0 saturated heterocycles. The molecule has 0 spiro atoms. The molecule has 2 N–H and O–H groups in total. The van der Waals surface area contributed by atoms with Crippen LogP contribution in [0.2, 0.25) is 5.02 Å². The molecule has 1 aliphatic rings. The zero-order valence-electron chi connectivity index (χ0n) is 8.61. The van der Waals surface area contributed by atoms with E-state index in [2.05, 4.69) is 4.98 Å². The maximum atomic E-state index is 6.00. The number of nitrogens with zero attached hydrogens (tertiary/aromatic N) is 1. The van der Waals surface area contributed by atoms with Gasteiger partial charge < -0.3 is 5.73 Å². The van der Waals surface area contributed by atoms with Crippen LogP contribution in [-0.2, 0) is 0 Å².